The molecule has 5 heteroatoms. The number of hydrogen-bond acceptors (Lipinski definition) is 3. The molecule has 1 rings (SSSR count). The Morgan fingerprint density at radius 1 is 1.30 bits per heavy atom. The van der Waals surface area contributed by atoms with Crippen molar-refractivity contribution in [2.45, 2.75) is 39.0 Å². The molecule has 1 aromatic carbocycles. The van der Waals surface area contributed by atoms with Crippen LogP contribution in [0.3, 0.4) is 0 Å². The first kappa shape index (κ1) is 16.9. The second-order valence-electron chi connectivity index (χ2n) is 5.07. The number of hydrogen-bond donors (Lipinski definition) is 0. The standard InChI is InChI=1S/C15H23ClN2O2/c1-4-8-17(9-5-2)11-14(16)13-7-6-12(3)15(10-13)18(19)20/h6-7,10,14H,4-5,8-9,11H2,1-3H3. The molecule has 0 aliphatic heterocycles. The van der Waals surface area contributed by atoms with E-state index in [2.05, 4.69) is 18.7 Å². The quantitative estimate of drug-likeness (QED) is 0.408. The zero-order valence-electron chi connectivity index (χ0n) is 12.4. The first-order valence-corrected chi connectivity index (χ1v) is 7.54. The van der Waals surface area contributed by atoms with Crippen molar-refractivity contribution in [1.82, 2.24) is 4.90 Å². The van der Waals surface area contributed by atoms with Crippen LogP contribution in [0.15, 0.2) is 18.2 Å². The van der Waals surface area contributed by atoms with E-state index in [0.717, 1.165) is 38.0 Å². The van der Waals surface area contributed by atoms with Crippen molar-refractivity contribution in [3.63, 3.8) is 0 Å². The van der Waals surface area contributed by atoms with Crippen LogP contribution in [0.5, 0.6) is 0 Å². The molecule has 0 bridgehead atoms. The number of alkyl halides is 1. The highest BCUT2D eigenvalue weighted by molar-refractivity contribution is 6.21. The fraction of sp³-hybridized carbons (Fsp3) is 0.600. The van der Waals surface area contributed by atoms with Crippen LogP contribution in [-0.4, -0.2) is 29.5 Å². The predicted octanol–water partition coefficient (Wildman–Crippen LogP) is 4.31. The molecular weight excluding hydrogens is 276 g/mol. The van der Waals surface area contributed by atoms with Crippen LogP contribution in [0.4, 0.5) is 5.69 Å². The van der Waals surface area contributed by atoms with E-state index in [4.69, 9.17) is 11.6 Å². The maximum absolute atomic E-state index is 11.0. The van der Waals surface area contributed by atoms with E-state index in [1.165, 1.54) is 0 Å². The lowest BCUT2D eigenvalue weighted by Crippen LogP contribution is -2.28. The van der Waals surface area contributed by atoms with Gasteiger partial charge in [-0.25, -0.2) is 0 Å². The molecule has 20 heavy (non-hydrogen) atoms. The van der Waals surface area contributed by atoms with Gasteiger partial charge in [-0.1, -0.05) is 26.0 Å². The van der Waals surface area contributed by atoms with E-state index >= 15 is 0 Å². The van der Waals surface area contributed by atoms with Gasteiger partial charge in [0.15, 0.2) is 0 Å². The molecule has 4 nitrogen and oxygen atoms in total. The summed E-state index contributed by atoms with van der Waals surface area (Å²) in [7, 11) is 0. The molecule has 1 atom stereocenters. The van der Waals surface area contributed by atoms with Gasteiger partial charge in [0, 0.05) is 18.2 Å². The molecule has 112 valence electrons. The molecule has 0 spiro atoms. The van der Waals surface area contributed by atoms with Gasteiger partial charge in [0.05, 0.1) is 10.3 Å². The van der Waals surface area contributed by atoms with E-state index in [9.17, 15) is 10.1 Å². The number of rotatable bonds is 8. The molecule has 0 saturated carbocycles. The highest BCUT2D eigenvalue weighted by Crippen LogP contribution is 2.27. The van der Waals surface area contributed by atoms with Crippen LogP contribution in [0.1, 0.15) is 43.2 Å². The molecule has 0 aromatic heterocycles. The second kappa shape index (κ2) is 8.22. The lowest BCUT2D eigenvalue weighted by Gasteiger charge is -2.24. The van der Waals surface area contributed by atoms with Crippen LogP contribution in [0, 0.1) is 17.0 Å². The van der Waals surface area contributed by atoms with Crippen molar-refractivity contribution >= 4 is 17.3 Å². The summed E-state index contributed by atoms with van der Waals surface area (Å²) >= 11 is 6.44. The molecule has 0 saturated heterocycles. The van der Waals surface area contributed by atoms with Crippen LogP contribution in [0.2, 0.25) is 0 Å². The van der Waals surface area contributed by atoms with Gasteiger partial charge in [-0.2, -0.15) is 0 Å². The summed E-state index contributed by atoms with van der Waals surface area (Å²) in [5.41, 5.74) is 1.63. The minimum atomic E-state index is -0.349. The first-order valence-electron chi connectivity index (χ1n) is 7.10. The van der Waals surface area contributed by atoms with E-state index in [0.29, 0.717) is 5.56 Å². The van der Waals surface area contributed by atoms with Gasteiger partial charge in [0.25, 0.3) is 5.69 Å². The smallest absolute Gasteiger partial charge is 0.272 e. The number of nitro groups is 1. The summed E-state index contributed by atoms with van der Waals surface area (Å²) < 4.78 is 0. The Labute approximate surface area is 125 Å². The average Bonchev–Trinajstić information content (AvgIpc) is 2.39. The number of benzene rings is 1. The van der Waals surface area contributed by atoms with Crippen molar-refractivity contribution in [3.05, 3.63) is 39.4 Å². The van der Waals surface area contributed by atoms with Gasteiger partial charge in [-0.3, -0.25) is 10.1 Å². The van der Waals surface area contributed by atoms with Gasteiger partial charge in [-0.15, -0.1) is 11.6 Å². The SMILES string of the molecule is CCCN(CCC)CC(Cl)c1ccc(C)c([N+](=O)[O-])c1. The highest BCUT2D eigenvalue weighted by Gasteiger charge is 2.17. The lowest BCUT2D eigenvalue weighted by molar-refractivity contribution is -0.385. The molecule has 0 aliphatic rings. The second-order valence-corrected chi connectivity index (χ2v) is 5.60. The highest BCUT2D eigenvalue weighted by atomic mass is 35.5. The Balaban J connectivity index is 2.83. The van der Waals surface area contributed by atoms with Crippen LogP contribution in [0.25, 0.3) is 0 Å². The summed E-state index contributed by atoms with van der Waals surface area (Å²) in [4.78, 5) is 12.9. The lowest BCUT2D eigenvalue weighted by atomic mass is 10.1. The third kappa shape index (κ3) is 4.76. The van der Waals surface area contributed by atoms with Crippen molar-refractivity contribution in [2.24, 2.45) is 0 Å². The van der Waals surface area contributed by atoms with Gasteiger partial charge in [0.1, 0.15) is 0 Å². The average molecular weight is 299 g/mol. The molecule has 1 unspecified atom stereocenters. The van der Waals surface area contributed by atoms with E-state index in [1.807, 2.05) is 6.07 Å². The Bertz CT molecular complexity index is 445. The van der Waals surface area contributed by atoms with Crippen LogP contribution >= 0.6 is 11.6 Å². The summed E-state index contributed by atoms with van der Waals surface area (Å²) in [5.74, 6) is 0. The molecule has 0 amide bonds. The summed E-state index contributed by atoms with van der Waals surface area (Å²) in [5, 5.41) is 10.8. The van der Waals surface area contributed by atoms with Gasteiger partial charge in [0.2, 0.25) is 0 Å². The molecule has 0 N–H and O–H groups in total. The Morgan fingerprint density at radius 2 is 1.90 bits per heavy atom. The number of halogens is 1. The largest absolute Gasteiger partial charge is 0.302 e. The van der Waals surface area contributed by atoms with Crippen LogP contribution in [-0.2, 0) is 0 Å². The third-order valence-electron chi connectivity index (χ3n) is 3.29. The van der Waals surface area contributed by atoms with Crippen molar-refractivity contribution in [3.8, 4) is 0 Å². The third-order valence-corrected chi connectivity index (χ3v) is 3.68. The predicted molar refractivity (Wildman–Crippen MR) is 83.4 cm³/mol. The monoisotopic (exact) mass is 298 g/mol. The van der Waals surface area contributed by atoms with E-state index < -0.39 is 0 Å². The normalized spacial score (nSPS) is 12.7. The summed E-state index contributed by atoms with van der Waals surface area (Å²) in [6, 6.07) is 5.26. The summed E-state index contributed by atoms with van der Waals surface area (Å²) in [6.45, 7) is 8.76. The minimum absolute atomic E-state index is 0.144. The zero-order valence-corrected chi connectivity index (χ0v) is 13.2. The molecule has 0 fully saturated rings. The maximum Gasteiger partial charge on any atom is 0.272 e. The molecule has 0 aliphatic carbocycles. The van der Waals surface area contributed by atoms with E-state index in [1.54, 1.807) is 19.1 Å². The number of nitro benzene ring substituents is 1. The van der Waals surface area contributed by atoms with Crippen LogP contribution < -0.4 is 0 Å². The summed E-state index contributed by atoms with van der Waals surface area (Å²) in [6.07, 6.45) is 2.16. The van der Waals surface area contributed by atoms with Gasteiger partial charge < -0.3 is 4.90 Å². The molecule has 0 radical (unpaired) electrons. The van der Waals surface area contributed by atoms with Crippen molar-refractivity contribution < 1.29 is 4.92 Å². The fourth-order valence-corrected chi connectivity index (χ4v) is 2.61. The Kier molecular flexibility index (Phi) is 6.96. The fourth-order valence-electron chi connectivity index (χ4n) is 2.28. The van der Waals surface area contributed by atoms with Crippen molar-refractivity contribution in [2.75, 3.05) is 19.6 Å². The topological polar surface area (TPSA) is 46.4 Å². The van der Waals surface area contributed by atoms with E-state index in [-0.39, 0.29) is 16.0 Å². The number of aryl methyl sites for hydroxylation is 1. The zero-order chi connectivity index (χ0) is 15.1. The molecular formula is C15H23ClN2O2. The first-order chi connectivity index (χ1) is 9.49. The number of nitrogens with zero attached hydrogens (tertiary/aromatic N) is 2. The Hall–Kier alpha value is -1.13. The maximum atomic E-state index is 11.0. The Morgan fingerprint density at radius 3 is 2.40 bits per heavy atom. The molecule has 0 heterocycles. The van der Waals surface area contributed by atoms with Gasteiger partial charge in [-0.05, 0) is 38.4 Å². The van der Waals surface area contributed by atoms with Gasteiger partial charge >= 0.3 is 0 Å². The molecule has 1 aromatic rings. The van der Waals surface area contributed by atoms with Crippen molar-refractivity contribution in [1.29, 1.82) is 0 Å². The minimum Gasteiger partial charge on any atom is -0.302 e.